The van der Waals surface area contributed by atoms with Crippen molar-refractivity contribution in [1.82, 2.24) is 15.5 Å². The molecule has 1 aliphatic carbocycles. The number of nitrogens with one attached hydrogen (secondary N) is 2. The van der Waals surface area contributed by atoms with Crippen LogP contribution in [0.25, 0.3) is 0 Å². The molecule has 0 bridgehead atoms. The molecule has 0 amide bonds. The number of aliphatic hydroxyl groups is 1. The summed E-state index contributed by atoms with van der Waals surface area (Å²) in [6.07, 6.45) is 9.86. The highest BCUT2D eigenvalue weighted by Crippen LogP contribution is 2.31. The summed E-state index contributed by atoms with van der Waals surface area (Å²) in [6, 6.07) is 0.458. The van der Waals surface area contributed by atoms with Crippen LogP contribution in [0.2, 0.25) is 0 Å². The second kappa shape index (κ2) is 11.8. The number of nitrogens with zero attached hydrogens (tertiary/aromatic N) is 2. The molecule has 0 spiro atoms. The molecule has 0 radical (unpaired) electrons. The van der Waals surface area contributed by atoms with Crippen LogP contribution in [-0.4, -0.2) is 60.8 Å². The van der Waals surface area contributed by atoms with Crippen molar-refractivity contribution in [3.63, 3.8) is 0 Å². The predicted octanol–water partition coefficient (Wildman–Crippen LogP) is 2.99. The fourth-order valence-corrected chi connectivity index (χ4v) is 4.36. The zero-order valence-electron chi connectivity index (χ0n) is 17.3. The molecular formula is C21H42N4O. The van der Waals surface area contributed by atoms with Gasteiger partial charge < -0.3 is 20.6 Å². The quantitative estimate of drug-likeness (QED) is 0.351. The van der Waals surface area contributed by atoms with Crippen LogP contribution in [0, 0.1) is 11.8 Å². The van der Waals surface area contributed by atoms with Gasteiger partial charge in [0.1, 0.15) is 0 Å². The van der Waals surface area contributed by atoms with Gasteiger partial charge >= 0.3 is 0 Å². The van der Waals surface area contributed by atoms with Crippen molar-refractivity contribution < 1.29 is 5.11 Å². The lowest BCUT2D eigenvalue weighted by molar-refractivity contribution is 0.0824. The van der Waals surface area contributed by atoms with E-state index in [1.807, 2.05) is 0 Å². The first-order valence-corrected chi connectivity index (χ1v) is 11.1. The minimum atomic E-state index is -0.0820. The predicted molar refractivity (Wildman–Crippen MR) is 111 cm³/mol. The summed E-state index contributed by atoms with van der Waals surface area (Å²) in [5.41, 5.74) is 0. The lowest BCUT2D eigenvalue weighted by atomic mass is 9.78. The SMILES string of the molecule is CCNC(=NCCCN1CCC(O)CC1)NC(C)C(C)C1CCCCC1. The van der Waals surface area contributed by atoms with E-state index >= 15 is 0 Å². The molecule has 26 heavy (non-hydrogen) atoms. The Morgan fingerprint density at radius 2 is 1.81 bits per heavy atom. The van der Waals surface area contributed by atoms with Gasteiger partial charge in [-0.05, 0) is 51.5 Å². The fraction of sp³-hybridized carbons (Fsp3) is 0.952. The van der Waals surface area contributed by atoms with Gasteiger partial charge in [0.25, 0.3) is 0 Å². The average Bonchev–Trinajstić information content (AvgIpc) is 2.66. The molecule has 0 aromatic heterocycles. The average molecular weight is 367 g/mol. The van der Waals surface area contributed by atoms with Crippen LogP contribution < -0.4 is 10.6 Å². The van der Waals surface area contributed by atoms with Crippen molar-refractivity contribution in [2.75, 3.05) is 32.7 Å². The van der Waals surface area contributed by atoms with E-state index < -0.39 is 0 Å². The number of hydrogen-bond donors (Lipinski definition) is 3. The minimum absolute atomic E-state index is 0.0820. The summed E-state index contributed by atoms with van der Waals surface area (Å²) < 4.78 is 0. The summed E-state index contributed by atoms with van der Waals surface area (Å²) in [5, 5.41) is 16.6. The largest absolute Gasteiger partial charge is 0.393 e. The molecule has 1 aliphatic heterocycles. The van der Waals surface area contributed by atoms with Gasteiger partial charge in [-0.1, -0.05) is 39.0 Å². The highest BCUT2D eigenvalue weighted by atomic mass is 16.3. The molecule has 2 unspecified atom stereocenters. The topological polar surface area (TPSA) is 59.9 Å². The number of hydrogen-bond acceptors (Lipinski definition) is 3. The zero-order valence-corrected chi connectivity index (χ0v) is 17.3. The lowest BCUT2D eigenvalue weighted by Gasteiger charge is -2.33. The molecule has 0 aromatic carbocycles. The molecule has 2 aliphatic rings. The monoisotopic (exact) mass is 366 g/mol. The summed E-state index contributed by atoms with van der Waals surface area (Å²) in [4.78, 5) is 7.25. The molecule has 0 aromatic rings. The maximum atomic E-state index is 9.59. The van der Waals surface area contributed by atoms with Crippen LogP contribution in [0.3, 0.4) is 0 Å². The number of piperidine rings is 1. The van der Waals surface area contributed by atoms with Crippen molar-refractivity contribution in [2.45, 2.75) is 84.3 Å². The number of rotatable bonds is 8. The second-order valence-corrected chi connectivity index (χ2v) is 8.38. The van der Waals surface area contributed by atoms with E-state index in [-0.39, 0.29) is 6.10 Å². The number of guanidine groups is 1. The Hall–Kier alpha value is -0.810. The van der Waals surface area contributed by atoms with Gasteiger partial charge in [-0.3, -0.25) is 4.99 Å². The normalized spacial score (nSPS) is 23.6. The molecule has 1 heterocycles. The Morgan fingerprint density at radius 3 is 2.46 bits per heavy atom. The summed E-state index contributed by atoms with van der Waals surface area (Å²) >= 11 is 0. The third-order valence-corrected chi connectivity index (χ3v) is 6.35. The first kappa shape index (κ1) is 21.5. The van der Waals surface area contributed by atoms with Crippen LogP contribution in [-0.2, 0) is 0 Å². The van der Waals surface area contributed by atoms with Crippen LogP contribution in [0.1, 0.15) is 72.1 Å². The number of aliphatic hydroxyl groups excluding tert-OH is 1. The van der Waals surface area contributed by atoms with Crippen molar-refractivity contribution in [3.8, 4) is 0 Å². The van der Waals surface area contributed by atoms with Crippen LogP contribution in [0.15, 0.2) is 4.99 Å². The van der Waals surface area contributed by atoms with Gasteiger partial charge in [0, 0.05) is 32.2 Å². The van der Waals surface area contributed by atoms with Gasteiger partial charge in [0.05, 0.1) is 6.10 Å². The molecule has 2 atom stereocenters. The van der Waals surface area contributed by atoms with E-state index in [0.29, 0.717) is 12.0 Å². The maximum Gasteiger partial charge on any atom is 0.191 e. The first-order chi connectivity index (χ1) is 12.6. The molecular weight excluding hydrogens is 324 g/mol. The third kappa shape index (κ3) is 7.43. The van der Waals surface area contributed by atoms with E-state index in [1.165, 1.54) is 32.1 Å². The van der Waals surface area contributed by atoms with E-state index in [4.69, 9.17) is 4.99 Å². The lowest BCUT2D eigenvalue weighted by Crippen LogP contribution is -2.46. The van der Waals surface area contributed by atoms with Crippen molar-refractivity contribution in [1.29, 1.82) is 0 Å². The molecule has 3 N–H and O–H groups in total. The van der Waals surface area contributed by atoms with Crippen LogP contribution in [0.4, 0.5) is 0 Å². The Bertz CT molecular complexity index is 401. The Balaban J connectivity index is 1.72. The fourth-order valence-electron chi connectivity index (χ4n) is 4.36. The highest BCUT2D eigenvalue weighted by Gasteiger charge is 2.25. The Morgan fingerprint density at radius 1 is 1.12 bits per heavy atom. The number of likely N-dealkylation sites (tertiary alicyclic amines) is 1. The van der Waals surface area contributed by atoms with Crippen molar-refractivity contribution in [3.05, 3.63) is 0 Å². The Labute approximate surface area is 161 Å². The first-order valence-electron chi connectivity index (χ1n) is 11.1. The second-order valence-electron chi connectivity index (χ2n) is 8.38. The molecule has 5 heteroatoms. The van der Waals surface area contributed by atoms with E-state index in [1.54, 1.807) is 0 Å². The molecule has 2 rings (SSSR count). The van der Waals surface area contributed by atoms with Gasteiger partial charge in [-0.2, -0.15) is 0 Å². The molecule has 2 fully saturated rings. The summed E-state index contributed by atoms with van der Waals surface area (Å²) in [5.74, 6) is 2.53. The zero-order chi connectivity index (χ0) is 18.8. The van der Waals surface area contributed by atoms with Crippen LogP contribution in [0.5, 0.6) is 0 Å². The van der Waals surface area contributed by atoms with Gasteiger partial charge in [-0.25, -0.2) is 0 Å². The standard InChI is InChI=1S/C21H42N4O/c1-4-22-21(23-13-8-14-25-15-11-20(26)12-16-25)24-18(3)17(2)19-9-6-5-7-10-19/h17-20,26H,4-16H2,1-3H3,(H2,22,23,24). The van der Waals surface area contributed by atoms with Crippen molar-refractivity contribution in [2.24, 2.45) is 16.8 Å². The number of aliphatic imine (C=N–C) groups is 1. The van der Waals surface area contributed by atoms with E-state index in [0.717, 1.165) is 63.9 Å². The van der Waals surface area contributed by atoms with Crippen molar-refractivity contribution >= 4 is 5.96 Å². The maximum absolute atomic E-state index is 9.59. The van der Waals surface area contributed by atoms with Gasteiger partial charge in [0.2, 0.25) is 0 Å². The van der Waals surface area contributed by atoms with E-state index in [9.17, 15) is 5.11 Å². The third-order valence-electron chi connectivity index (χ3n) is 6.35. The van der Waals surface area contributed by atoms with E-state index in [2.05, 4.69) is 36.3 Å². The Kier molecular flexibility index (Phi) is 9.76. The van der Waals surface area contributed by atoms with Gasteiger partial charge in [0.15, 0.2) is 5.96 Å². The molecule has 152 valence electrons. The summed E-state index contributed by atoms with van der Waals surface area (Å²) in [6.45, 7) is 11.7. The smallest absolute Gasteiger partial charge is 0.191 e. The molecule has 1 saturated heterocycles. The molecule has 5 nitrogen and oxygen atoms in total. The highest BCUT2D eigenvalue weighted by molar-refractivity contribution is 5.80. The minimum Gasteiger partial charge on any atom is -0.393 e. The summed E-state index contributed by atoms with van der Waals surface area (Å²) in [7, 11) is 0. The van der Waals surface area contributed by atoms with Gasteiger partial charge in [-0.15, -0.1) is 0 Å². The molecule has 1 saturated carbocycles. The van der Waals surface area contributed by atoms with Crippen LogP contribution >= 0.6 is 0 Å².